The van der Waals surface area contributed by atoms with E-state index in [-0.39, 0.29) is 11.9 Å². The van der Waals surface area contributed by atoms with E-state index in [0.717, 1.165) is 43.0 Å². The molecule has 1 atom stereocenters. The van der Waals surface area contributed by atoms with Crippen LogP contribution < -0.4 is 5.32 Å². The molecule has 24 heavy (non-hydrogen) atoms. The summed E-state index contributed by atoms with van der Waals surface area (Å²) >= 11 is 19.2. The molecule has 2 aromatic rings. The summed E-state index contributed by atoms with van der Waals surface area (Å²) in [4.78, 5) is 14.8. The summed E-state index contributed by atoms with van der Waals surface area (Å²) in [7, 11) is 0. The van der Waals surface area contributed by atoms with Crippen molar-refractivity contribution in [3.8, 4) is 0 Å². The molecule has 1 unspecified atom stereocenters. The van der Waals surface area contributed by atoms with Crippen LogP contribution in [0, 0.1) is 0 Å². The standard InChI is InChI=1S/C15H15Cl3N4OS/c16-10-5-4-9(7-11(10)17)19-15(23)13-3-1-2-6-22(13)8-12-14(18)24-21-20-12/h4-5,7,13H,1-3,6,8H2,(H,19,23). The predicted octanol–water partition coefficient (Wildman–Crippen LogP) is 4.49. The van der Waals surface area contributed by atoms with E-state index >= 15 is 0 Å². The third kappa shape index (κ3) is 4.18. The Morgan fingerprint density at radius 2 is 2.12 bits per heavy atom. The van der Waals surface area contributed by atoms with Crippen molar-refractivity contribution < 1.29 is 4.79 Å². The molecule has 0 radical (unpaired) electrons. The van der Waals surface area contributed by atoms with Crippen molar-refractivity contribution in [3.63, 3.8) is 0 Å². The zero-order chi connectivity index (χ0) is 17.1. The van der Waals surface area contributed by atoms with Crippen molar-refractivity contribution in [3.05, 3.63) is 38.3 Å². The molecule has 0 aliphatic carbocycles. The van der Waals surface area contributed by atoms with Crippen molar-refractivity contribution in [2.45, 2.75) is 31.8 Å². The van der Waals surface area contributed by atoms with Crippen LogP contribution in [0.5, 0.6) is 0 Å². The number of benzene rings is 1. The quantitative estimate of drug-likeness (QED) is 0.814. The highest BCUT2D eigenvalue weighted by Gasteiger charge is 2.30. The van der Waals surface area contributed by atoms with Gasteiger partial charge in [0.1, 0.15) is 10.0 Å². The number of amides is 1. The lowest BCUT2D eigenvalue weighted by molar-refractivity contribution is -0.122. The maximum atomic E-state index is 12.7. The van der Waals surface area contributed by atoms with Crippen LogP contribution in [0.3, 0.4) is 0 Å². The normalized spacial score (nSPS) is 18.5. The van der Waals surface area contributed by atoms with Crippen LogP contribution in [0.2, 0.25) is 14.4 Å². The van der Waals surface area contributed by atoms with Crippen LogP contribution in [0.4, 0.5) is 5.69 Å². The van der Waals surface area contributed by atoms with E-state index in [0.29, 0.717) is 26.6 Å². The van der Waals surface area contributed by atoms with Crippen molar-refractivity contribution >= 4 is 57.9 Å². The topological polar surface area (TPSA) is 58.1 Å². The number of carbonyl (C=O) groups excluding carboxylic acids is 1. The fourth-order valence-electron chi connectivity index (χ4n) is 2.76. The maximum absolute atomic E-state index is 12.7. The van der Waals surface area contributed by atoms with Gasteiger partial charge < -0.3 is 5.32 Å². The molecule has 3 rings (SSSR count). The van der Waals surface area contributed by atoms with Gasteiger partial charge in [0.15, 0.2) is 0 Å². The molecule has 128 valence electrons. The predicted molar refractivity (Wildman–Crippen MR) is 98.1 cm³/mol. The SMILES string of the molecule is O=C(Nc1ccc(Cl)c(Cl)c1)C1CCCCN1Cc1nnsc1Cl. The van der Waals surface area contributed by atoms with Gasteiger partial charge in [-0.1, -0.05) is 45.7 Å². The van der Waals surface area contributed by atoms with Crippen LogP contribution in [-0.4, -0.2) is 33.0 Å². The van der Waals surface area contributed by atoms with Crippen LogP contribution in [0.1, 0.15) is 25.0 Å². The lowest BCUT2D eigenvalue weighted by Crippen LogP contribution is -2.46. The molecule has 1 saturated heterocycles. The van der Waals surface area contributed by atoms with E-state index in [2.05, 4.69) is 19.8 Å². The van der Waals surface area contributed by atoms with Crippen LogP contribution >= 0.6 is 46.3 Å². The van der Waals surface area contributed by atoms with Gasteiger partial charge in [-0.15, -0.1) is 5.10 Å². The van der Waals surface area contributed by atoms with Gasteiger partial charge in [-0.3, -0.25) is 9.69 Å². The van der Waals surface area contributed by atoms with E-state index in [9.17, 15) is 4.79 Å². The highest BCUT2D eigenvalue weighted by atomic mass is 35.5. The van der Waals surface area contributed by atoms with Gasteiger partial charge in [0.05, 0.1) is 16.1 Å². The Bertz CT molecular complexity index is 739. The minimum Gasteiger partial charge on any atom is -0.325 e. The summed E-state index contributed by atoms with van der Waals surface area (Å²) in [6, 6.07) is 4.82. The van der Waals surface area contributed by atoms with Crippen LogP contribution in [-0.2, 0) is 11.3 Å². The lowest BCUT2D eigenvalue weighted by Gasteiger charge is -2.34. The Labute approximate surface area is 159 Å². The van der Waals surface area contributed by atoms with Crippen LogP contribution in [0.25, 0.3) is 0 Å². The molecule has 1 aromatic carbocycles. The van der Waals surface area contributed by atoms with Gasteiger partial charge in [0.25, 0.3) is 0 Å². The van der Waals surface area contributed by atoms with E-state index in [4.69, 9.17) is 34.8 Å². The monoisotopic (exact) mass is 404 g/mol. The summed E-state index contributed by atoms with van der Waals surface area (Å²) in [6.45, 7) is 1.35. The van der Waals surface area contributed by atoms with E-state index in [1.54, 1.807) is 18.2 Å². The van der Waals surface area contributed by atoms with Gasteiger partial charge in [-0.2, -0.15) is 0 Å². The summed E-state index contributed by atoms with van der Waals surface area (Å²) in [6.07, 6.45) is 2.85. The number of carbonyl (C=O) groups is 1. The maximum Gasteiger partial charge on any atom is 0.241 e. The number of nitrogens with zero attached hydrogens (tertiary/aromatic N) is 3. The molecular formula is C15H15Cl3N4OS. The number of hydrogen-bond acceptors (Lipinski definition) is 5. The number of piperidine rings is 1. The van der Waals surface area contributed by atoms with Gasteiger partial charge in [-0.05, 0) is 37.6 Å². The van der Waals surface area contributed by atoms with Gasteiger partial charge in [0, 0.05) is 23.8 Å². The lowest BCUT2D eigenvalue weighted by atomic mass is 10.0. The molecule has 1 aromatic heterocycles. The fourth-order valence-corrected chi connectivity index (χ4v) is 3.67. The van der Waals surface area contributed by atoms with Gasteiger partial charge >= 0.3 is 0 Å². The zero-order valence-corrected chi connectivity index (χ0v) is 15.7. The summed E-state index contributed by atoms with van der Waals surface area (Å²) in [5.41, 5.74) is 1.35. The molecule has 5 nitrogen and oxygen atoms in total. The molecule has 0 saturated carbocycles. The molecule has 1 aliphatic heterocycles. The average Bonchev–Trinajstić information content (AvgIpc) is 2.96. The summed E-state index contributed by atoms with van der Waals surface area (Å²) in [5.74, 6) is -0.0626. The molecule has 0 bridgehead atoms. The smallest absolute Gasteiger partial charge is 0.241 e. The number of aromatic nitrogens is 2. The van der Waals surface area contributed by atoms with Crippen molar-refractivity contribution in [1.82, 2.24) is 14.5 Å². The minimum absolute atomic E-state index is 0.0626. The second-order valence-electron chi connectivity index (χ2n) is 5.59. The molecule has 1 N–H and O–H groups in total. The first-order valence-electron chi connectivity index (χ1n) is 7.51. The first-order chi connectivity index (χ1) is 11.5. The number of halogens is 3. The van der Waals surface area contributed by atoms with Crippen LogP contribution in [0.15, 0.2) is 18.2 Å². The molecule has 1 amide bonds. The Morgan fingerprint density at radius 1 is 1.29 bits per heavy atom. The minimum atomic E-state index is -0.231. The number of rotatable bonds is 4. The van der Waals surface area contributed by atoms with Gasteiger partial charge in [0.2, 0.25) is 5.91 Å². The first-order valence-corrected chi connectivity index (χ1v) is 9.42. The summed E-state index contributed by atoms with van der Waals surface area (Å²) in [5, 5.41) is 7.82. The third-order valence-corrected chi connectivity index (χ3v) is 5.69. The molecule has 1 aliphatic rings. The number of hydrogen-bond donors (Lipinski definition) is 1. The van der Waals surface area contributed by atoms with Crippen molar-refractivity contribution in [1.29, 1.82) is 0 Å². The van der Waals surface area contributed by atoms with E-state index in [1.165, 1.54) is 0 Å². The highest BCUT2D eigenvalue weighted by molar-refractivity contribution is 7.10. The Morgan fingerprint density at radius 3 is 2.83 bits per heavy atom. The average molecular weight is 406 g/mol. The molecule has 1 fully saturated rings. The molecular weight excluding hydrogens is 391 g/mol. The summed E-state index contributed by atoms with van der Waals surface area (Å²) < 4.78 is 4.42. The van der Waals surface area contributed by atoms with E-state index in [1.807, 2.05) is 0 Å². The second-order valence-corrected chi connectivity index (χ2v) is 7.76. The Kier molecular flexibility index (Phi) is 5.94. The number of anilines is 1. The zero-order valence-electron chi connectivity index (χ0n) is 12.6. The van der Waals surface area contributed by atoms with E-state index < -0.39 is 0 Å². The van der Waals surface area contributed by atoms with Crippen molar-refractivity contribution in [2.24, 2.45) is 0 Å². The van der Waals surface area contributed by atoms with Gasteiger partial charge in [-0.25, -0.2) is 0 Å². The highest BCUT2D eigenvalue weighted by Crippen LogP contribution is 2.27. The molecule has 9 heteroatoms. The molecule has 2 heterocycles. The Hall–Kier alpha value is -0.920. The second kappa shape index (κ2) is 7.97. The fraction of sp³-hybridized carbons (Fsp3) is 0.400. The number of likely N-dealkylation sites (tertiary alicyclic amines) is 1. The molecule has 0 spiro atoms. The third-order valence-electron chi connectivity index (χ3n) is 3.97. The Balaban J connectivity index is 1.71. The first kappa shape index (κ1) is 17.9. The number of nitrogens with one attached hydrogen (secondary N) is 1. The van der Waals surface area contributed by atoms with Crippen molar-refractivity contribution in [2.75, 3.05) is 11.9 Å². The largest absolute Gasteiger partial charge is 0.325 e.